The van der Waals surface area contributed by atoms with Crippen molar-refractivity contribution in [1.82, 2.24) is 10.3 Å². The summed E-state index contributed by atoms with van der Waals surface area (Å²) in [6.07, 6.45) is 1.95. The number of carbonyl (C=O) groups excluding carboxylic acids is 1. The van der Waals surface area contributed by atoms with Gasteiger partial charge in [0.1, 0.15) is 5.76 Å². The Morgan fingerprint density at radius 2 is 2.14 bits per heavy atom. The summed E-state index contributed by atoms with van der Waals surface area (Å²) >= 11 is 0. The molecule has 1 N–H and O–H groups in total. The van der Waals surface area contributed by atoms with Crippen LogP contribution < -0.4 is 10.2 Å². The number of benzene rings is 1. The highest BCUT2D eigenvalue weighted by atomic mass is 16.4. The van der Waals surface area contributed by atoms with Crippen LogP contribution in [0.5, 0.6) is 0 Å². The van der Waals surface area contributed by atoms with E-state index in [2.05, 4.69) is 34.4 Å². The van der Waals surface area contributed by atoms with Gasteiger partial charge in [0, 0.05) is 26.2 Å². The standard InChI is InChI=1S/C17H21N3O2/c1-11-16(18-12(2)22-11)17(21)19-14-8-6-10-20(3)15-9-5-4-7-13(14)15/h4-5,7,9,14H,6,8,10H2,1-3H3,(H,19,21). The third kappa shape index (κ3) is 2.71. The van der Waals surface area contributed by atoms with E-state index in [4.69, 9.17) is 4.42 Å². The molecule has 116 valence electrons. The van der Waals surface area contributed by atoms with Crippen molar-refractivity contribution in [2.24, 2.45) is 0 Å². The van der Waals surface area contributed by atoms with E-state index in [1.807, 2.05) is 12.1 Å². The predicted octanol–water partition coefficient (Wildman–Crippen LogP) is 2.99. The Bertz CT molecular complexity index is 693. The zero-order chi connectivity index (χ0) is 15.7. The Balaban J connectivity index is 1.87. The summed E-state index contributed by atoms with van der Waals surface area (Å²) in [6, 6.07) is 8.24. The minimum Gasteiger partial charge on any atom is -0.445 e. The molecular weight excluding hydrogens is 278 g/mol. The molecule has 0 saturated carbocycles. The molecule has 1 aliphatic heterocycles. The minimum absolute atomic E-state index is 0.00468. The van der Waals surface area contributed by atoms with Gasteiger partial charge in [-0.05, 0) is 31.4 Å². The first-order valence-corrected chi connectivity index (χ1v) is 7.61. The number of para-hydroxylation sites is 1. The number of amides is 1. The number of carbonyl (C=O) groups is 1. The molecule has 2 heterocycles. The van der Waals surface area contributed by atoms with Gasteiger partial charge in [0.2, 0.25) is 0 Å². The Hall–Kier alpha value is -2.30. The Labute approximate surface area is 130 Å². The molecule has 5 heteroatoms. The molecule has 22 heavy (non-hydrogen) atoms. The van der Waals surface area contributed by atoms with Gasteiger partial charge in [-0.1, -0.05) is 18.2 Å². The molecule has 0 bridgehead atoms. The van der Waals surface area contributed by atoms with E-state index in [0.29, 0.717) is 17.3 Å². The minimum atomic E-state index is -0.168. The van der Waals surface area contributed by atoms with Crippen LogP contribution in [-0.2, 0) is 0 Å². The maximum absolute atomic E-state index is 12.5. The summed E-state index contributed by atoms with van der Waals surface area (Å²) in [7, 11) is 2.09. The van der Waals surface area contributed by atoms with Crippen LogP contribution in [0.1, 0.15) is 46.6 Å². The summed E-state index contributed by atoms with van der Waals surface area (Å²) in [4.78, 5) is 18.9. The molecule has 2 aromatic rings. The second-order valence-corrected chi connectivity index (χ2v) is 5.79. The van der Waals surface area contributed by atoms with Gasteiger partial charge >= 0.3 is 0 Å². The Morgan fingerprint density at radius 3 is 2.86 bits per heavy atom. The van der Waals surface area contributed by atoms with Gasteiger partial charge in [-0.25, -0.2) is 4.98 Å². The van der Waals surface area contributed by atoms with Crippen LogP contribution in [0.3, 0.4) is 0 Å². The molecule has 0 radical (unpaired) electrons. The van der Waals surface area contributed by atoms with Gasteiger partial charge in [-0.3, -0.25) is 4.79 Å². The van der Waals surface area contributed by atoms with Crippen LogP contribution in [0, 0.1) is 13.8 Å². The van der Waals surface area contributed by atoms with Gasteiger partial charge < -0.3 is 14.6 Å². The molecular formula is C17H21N3O2. The molecule has 5 nitrogen and oxygen atoms in total. The highest BCUT2D eigenvalue weighted by Gasteiger charge is 2.24. The van der Waals surface area contributed by atoms with Crippen LogP contribution in [0.2, 0.25) is 0 Å². The number of nitrogens with one attached hydrogen (secondary N) is 1. The summed E-state index contributed by atoms with van der Waals surface area (Å²) in [5, 5.41) is 3.12. The number of hydrogen-bond acceptors (Lipinski definition) is 4. The van der Waals surface area contributed by atoms with Crippen molar-refractivity contribution in [1.29, 1.82) is 0 Å². The molecule has 1 aromatic heterocycles. The lowest BCUT2D eigenvalue weighted by Gasteiger charge is -2.22. The lowest BCUT2D eigenvalue weighted by Crippen LogP contribution is -2.29. The van der Waals surface area contributed by atoms with Crippen molar-refractivity contribution >= 4 is 11.6 Å². The first-order valence-electron chi connectivity index (χ1n) is 7.61. The SMILES string of the molecule is Cc1nc(C(=O)NC2CCCN(C)c3ccccc32)c(C)o1. The largest absolute Gasteiger partial charge is 0.445 e. The predicted molar refractivity (Wildman–Crippen MR) is 85.1 cm³/mol. The van der Waals surface area contributed by atoms with Gasteiger partial charge in [-0.15, -0.1) is 0 Å². The number of oxazole rings is 1. The maximum atomic E-state index is 12.5. The summed E-state index contributed by atoms with van der Waals surface area (Å²) in [6.45, 7) is 4.51. The first kappa shape index (κ1) is 14.6. The molecule has 0 aliphatic carbocycles. The van der Waals surface area contributed by atoms with E-state index in [1.54, 1.807) is 13.8 Å². The van der Waals surface area contributed by atoms with Crippen LogP contribution in [0.25, 0.3) is 0 Å². The molecule has 0 fully saturated rings. The fourth-order valence-corrected chi connectivity index (χ4v) is 3.05. The quantitative estimate of drug-likeness (QED) is 0.926. The van der Waals surface area contributed by atoms with Crippen molar-refractivity contribution in [3.8, 4) is 0 Å². The lowest BCUT2D eigenvalue weighted by atomic mass is 10.0. The van der Waals surface area contributed by atoms with Crippen LogP contribution in [0.4, 0.5) is 5.69 Å². The molecule has 3 rings (SSSR count). The molecule has 1 aromatic carbocycles. The summed E-state index contributed by atoms with van der Waals surface area (Å²) in [5.74, 6) is 0.913. The molecule has 0 saturated heterocycles. The second-order valence-electron chi connectivity index (χ2n) is 5.79. The highest BCUT2D eigenvalue weighted by Crippen LogP contribution is 2.32. The number of fused-ring (bicyclic) bond motifs is 1. The fourth-order valence-electron chi connectivity index (χ4n) is 3.05. The van der Waals surface area contributed by atoms with E-state index >= 15 is 0 Å². The number of anilines is 1. The number of aromatic nitrogens is 1. The zero-order valence-corrected chi connectivity index (χ0v) is 13.2. The monoisotopic (exact) mass is 299 g/mol. The van der Waals surface area contributed by atoms with E-state index in [1.165, 1.54) is 5.69 Å². The molecule has 1 unspecified atom stereocenters. The highest BCUT2D eigenvalue weighted by molar-refractivity contribution is 5.93. The summed E-state index contributed by atoms with van der Waals surface area (Å²) < 4.78 is 5.36. The Kier molecular flexibility index (Phi) is 3.88. The van der Waals surface area contributed by atoms with Gasteiger partial charge in [0.15, 0.2) is 11.6 Å². The third-order valence-electron chi connectivity index (χ3n) is 4.13. The van der Waals surface area contributed by atoms with Crippen molar-refractivity contribution < 1.29 is 9.21 Å². The molecule has 1 aliphatic rings. The van der Waals surface area contributed by atoms with E-state index in [0.717, 1.165) is 24.9 Å². The van der Waals surface area contributed by atoms with Crippen molar-refractivity contribution in [3.05, 3.63) is 47.2 Å². The van der Waals surface area contributed by atoms with Gasteiger partial charge in [0.25, 0.3) is 5.91 Å². The van der Waals surface area contributed by atoms with E-state index in [9.17, 15) is 4.79 Å². The number of aryl methyl sites for hydroxylation is 2. The second kappa shape index (κ2) is 5.83. The smallest absolute Gasteiger partial charge is 0.274 e. The van der Waals surface area contributed by atoms with Gasteiger partial charge in [-0.2, -0.15) is 0 Å². The van der Waals surface area contributed by atoms with Crippen LogP contribution >= 0.6 is 0 Å². The molecule has 1 atom stereocenters. The average molecular weight is 299 g/mol. The fraction of sp³-hybridized carbons (Fsp3) is 0.412. The van der Waals surface area contributed by atoms with Crippen molar-refractivity contribution in [3.63, 3.8) is 0 Å². The molecule has 0 spiro atoms. The number of nitrogens with zero attached hydrogens (tertiary/aromatic N) is 2. The summed E-state index contributed by atoms with van der Waals surface area (Å²) in [5.41, 5.74) is 2.72. The number of rotatable bonds is 2. The first-order chi connectivity index (χ1) is 10.6. The van der Waals surface area contributed by atoms with Crippen LogP contribution in [0.15, 0.2) is 28.7 Å². The average Bonchev–Trinajstić information content (AvgIpc) is 2.76. The normalized spacial score (nSPS) is 17.8. The zero-order valence-electron chi connectivity index (χ0n) is 13.2. The maximum Gasteiger partial charge on any atom is 0.274 e. The van der Waals surface area contributed by atoms with Crippen molar-refractivity contribution in [2.75, 3.05) is 18.5 Å². The van der Waals surface area contributed by atoms with E-state index < -0.39 is 0 Å². The van der Waals surface area contributed by atoms with Gasteiger partial charge in [0.05, 0.1) is 6.04 Å². The third-order valence-corrected chi connectivity index (χ3v) is 4.13. The van der Waals surface area contributed by atoms with E-state index in [-0.39, 0.29) is 11.9 Å². The molecule has 1 amide bonds. The topological polar surface area (TPSA) is 58.4 Å². The van der Waals surface area contributed by atoms with Crippen molar-refractivity contribution in [2.45, 2.75) is 32.7 Å². The number of hydrogen-bond donors (Lipinski definition) is 1. The van der Waals surface area contributed by atoms with Crippen LogP contribution in [-0.4, -0.2) is 24.5 Å². The lowest BCUT2D eigenvalue weighted by molar-refractivity contribution is 0.0929. The Morgan fingerprint density at radius 1 is 1.36 bits per heavy atom.